The van der Waals surface area contributed by atoms with Gasteiger partial charge in [-0.05, 0) is 37.6 Å². The molecule has 1 aromatic rings. The second kappa shape index (κ2) is 7.88. The molecule has 114 valence electrons. The van der Waals surface area contributed by atoms with Gasteiger partial charge in [-0.25, -0.2) is 0 Å². The first-order valence-electron chi connectivity index (χ1n) is 6.56. The van der Waals surface area contributed by atoms with Crippen LogP contribution in [-0.4, -0.2) is 19.3 Å². The summed E-state index contributed by atoms with van der Waals surface area (Å²) in [5, 5.41) is 3.30. The molecule has 0 heterocycles. The predicted octanol–water partition coefficient (Wildman–Crippen LogP) is 4.84. The lowest BCUT2D eigenvalue weighted by Crippen LogP contribution is -2.18. The van der Waals surface area contributed by atoms with E-state index in [1.807, 2.05) is 19.9 Å². The zero-order chi connectivity index (χ0) is 15.2. The fraction of sp³-hybridized carbons (Fsp3) is 0.571. The molecule has 0 aliphatic rings. The van der Waals surface area contributed by atoms with Crippen LogP contribution >= 0.6 is 15.9 Å². The first-order valence-corrected chi connectivity index (χ1v) is 7.35. The molecule has 0 aliphatic carbocycles. The molecule has 0 amide bonds. The molecule has 0 spiro atoms. The van der Waals surface area contributed by atoms with Gasteiger partial charge in [-0.15, -0.1) is 0 Å². The Morgan fingerprint density at radius 1 is 1.35 bits per heavy atom. The number of hydrogen-bond donors (Lipinski definition) is 1. The van der Waals surface area contributed by atoms with Crippen LogP contribution in [-0.2, 0) is 0 Å². The Morgan fingerprint density at radius 3 is 2.60 bits per heavy atom. The van der Waals surface area contributed by atoms with Gasteiger partial charge < -0.3 is 10.1 Å². The number of alkyl halides is 3. The van der Waals surface area contributed by atoms with E-state index in [-0.39, 0.29) is 19.1 Å². The summed E-state index contributed by atoms with van der Waals surface area (Å²) < 4.78 is 42.2. The van der Waals surface area contributed by atoms with Crippen LogP contribution in [0.2, 0.25) is 0 Å². The third kappa shape index (κ3) is 6.13. The average Bonchev–Trinajstić information content (AvgIpc) is 2.34. The smallest absolute Gasteiger partial charge is 0.389 e. The van der Waals surface area contributed by atoms with Gasteiger partial charge in [0.25, 0.3) is 0 Å². The molecule has 20 heavy (non-hydrogen) atoms. The number of halogens is 4. The molecule has 6 heteroatoms. The molecule has 0 aliphatic heterocycles. The fourth-order valence-corrected chi connectivity index (χ4v) is 2.53. The van der Waals surface area contributed by atoms with Gasteiger partial charge in [0.1, 0.15) is 5.75 Å². The molecule has 2 nitrogen and oxygen atoms in total. The van der Waals surface area contributed by atoms with Crippen molar-refractivity contribution in [1.29, 1.82) is 0 Å². The van der Waals surface area contributed by atoms with Crippen LogP contribution in [0.4, 0.5) is 13.2 Å². The minimum Gasteiger partial charge on any atom is -0.494 e. The maximum Gasteiger partial charge on any atom is 0.389 e. The van der Waals surface area contributed by atoms with Crippen molar-refractivity contribution in [1.82, 2.24) is 5.32 Å². The number of hydrogen-bond acceptors (Lipinski definition) is 2. The van der Waals surface area contributed by atoms with E-state index >= 15 is 0 Å². The van der Waals surface area contributed by atoms with E-state index < -0.39 is 12.6 Å². The van der Waals surface area contributed by atoms with Gasteiger partial charge >= 0.3 is 6.18 Å². The SMILES string of the molecule is CCNC(C)c1ccc(OCCCC(F)(F)F)cc1Br. The van der Waals surface area contributed by atoms with Crippen LogP contribution in [0.5, 0.6) is 5.75 Å². The molecular formula is C14H19BrF3NO. The molecule has 1 unspecified atom stereocenters. The van der Waals surface area contributed by atoms with Crippen molar-refractivity contribution in [2.45, 2.75) is 38.9 Å². The van der Waals surface area contributed by atoms with E-state index in [2.05, 4.69) is 21.2 Å². The van der Waals surface area contributed by atoms with Crippen LogP contribution in [0.3, 0.4) is 0 Å². The Labute approximate surface area is 125 Å². The van der Waals surface area contributed by atoms with Crippen molar-refractivity contribution in [3.05, 3.63) is 28.2 Å². The zero-order valence-corrected chi connectivity index (χ0v) is 13.1. The number of benzene rings is 1. The summed E-state index contributed by atoms with van der Waals surface area (Å²) in [7, 11) is 0. The highest BCUT2D eigenvalue weighted by molar-refractivity contribution is 9.10. The lowest BCUT2D eigenvalue weighted by atomic mass is 10.1. The van der Waals surface area contributed by atoms with Crippen molar-refractivity contribution >= 4 is 15.9 Å². The topological polar surface area (TPSA) is 21.3 Å². The monoisotopic (exact) mass is 353 g/mol. The normalized spacial score (nSPS) is 13.3. The molecule has 1 atom stereocenters. The van der Waals surface area contributed by atoms with E-state index in [0.29, 0.717) is 5.75 Å². The standard InChI is InChI=1S/C14H19BrF3NO/c1-3-19-10(2)12-6-5-11(9-13(12)15)20-8-4-7-14(16,17)18/h5-6,9-10,19H,3-4,7-8H2,1-2H3. The minimum absolute atomic E-state index is 0.0311. The van der Waals surface area contributed by atoms with Gasteiger partial charge in [0.05, 0.1) is 6.61 Å². The van der Waals surface area contributed by atoms with Gasteiger partial charge in [0.2, 0.25) is 0 Å². The highest BCUT2D eigenvalue weighted by Crippen LogP contribution is 2.28. The third-order valence-electron chi connectivity index (χ3n) is 2.82. The van der Waals surface area contributed by atoms with Crippen LogP contribution in [0.1, 0.15) is 38.3 Å². The Hall–Kier alpha value is -0.750. The number of ether oxygens (including phenoxy) is 1. The lowest BCUT2D eigenvalue weighted by molar-refractivity contribution is -0.136. The van der Waals surface area contributed by atoms with Crippen LogP contribution in [0.15, 0.2) is 22.7 Å². The van der Waals surface area contributed by atoms with Crippen molar-refractivity contribution < 1.29 is 17.9 Å². The summed E-state index contributed by atoms with van der Waals surface area (Å²) in [5.74, 6) is 0.575. The Morgan fingerprint density at radius 2 is 2.05 bits per heavy atom. The highest BCUT2D eigenvalue weighted by atomic mass is 79.9. The summed E-state index contributed by atoms with van der Waals surface area (Å²) in [6.45, 7) is 5.01. The van der Waals surface area contributed by atoms with E-state index in [9.17, 15) is 13.2 Å². The first-order chi connectivity index (χ1) is 9.33. The van der Waals surface area contributed by atoms with Gasteiger partial charge in [0, 0.05) is 16.9 Å². The molecule has 0 saturated carbocycles. The molecule has 1 N–H and O–H groups in total. The fourth-order valence-electron chi connectivity index (χ4n) is 1.83. The summed E-state index contributed by atoms with van der Waals surface area (Å²) in [6, 6.07) is 5.68. The van der Waals surface area contributed by atoms with Crippen molar-refractivity contribution in [2.24, 2.45) is 0 Å². The maximum atomic E-state index is 12.0. The van der Waals surface area contributed by atoms with Crippen LogP contribution in [0, 0.1) is 0 Å². The summed E-state index contributed by atoms with van der Waals surface area (Å²) in [4.78, 5) is 0. The van der Waals surface area contributed by atoms with Gasteiger partial charge in [0.15, 0.2) is 0 Å². The zero-order valence-electron chi connectivity index (χ0n) is 11.6. The Kier molecular flexibility index (Phi) is 6.82. The average molecular weight is 354 g/mol. The lowest BCUT2D eigenvalue weighted by Gasteiger charge is -2.16. The van der Waals surface area contributed by atoms with Crippen LogP contribution < -0.4 is 10.1 Å². The summed E-state index contributed by atoms with van der Waals surface area (Å²) in [5.41, 5.74) is 1.09. The maximum absolute atomic E-state index is 12.0. The van der Waals surface area contributed by atoms with Crippen molar-refractivity contribution in [2.75, 3.05) is 13.2 Å². The third-order valence-corrected chi connectivity index (χ3v) is 3.51. The largest absolute Gasteiger partial charge is 0.494 e. The van der Waals surface area contributed by atoms with Gasteiger partial charge in [-0.3, -0.25) is 0 Å². The molecule has 0 bridgehead atoms. The minimum atomic E-state index is -4.12. The van der Waals surface area contributed by atoms with E-state index in [1.165, 1.54) is 0 Å². The van der Waals surface area contributed by atoms with E-state index in [4.69, 9.17) is 4.74 Å². The molecule has 1 rings (SSSR count). The highest BCUT2D eigenvalue weighted by Gasteiger charge is 2.26. The first kappa shape index (κ1) is 17.3. The summed E-state index contributed by atoms with van der Waals surface area (Å²) >= 11 is 3.46. The van der Waals surface area contributed by atoms with Gasteiger partial charge in [-0.2, -0.15) is 13.2 Å². The predicted molar refractivity (Wildman–Crippen MR) is 77.0 cm³/mol. The second-order valence-electron chi connectivity index (χ2n) is 4.53. The second-order valence-corrected chi connectivity index (χ2v) is 5.38. The number of nitrogens with one attached hydrogen (secondary N) is 1. The Bertz CT molecular complexity index is 423. The van der Waals surface area contributed by atoms with Crippen LogP contribution in [0.25, 0.3) is 0 Å². The summed E-state index contributed by atoms with van der Waals surface area (Å²) in [6.07, 6.45) is -4.96. The van der Waals surface area contributed by atoms with Crippen molar-refractivity contribution in [3.63, 3.8) is 0 Å². The van der Waals surface area contributed by atoms with E-state index in [1.54, 1.807) is 12.1 Å². The molecule has 1 aromatic carbocycles. The molecule has 0 fully saturated rings. The van der Waals surface area contributed by atoms with Crippen molar-refractivity contribution in [3.8, 4) is 5.75 Å². The van der Waals surface area contributed by atoms with E-state index in [0.717, 1.165) is 16.6 Å². The number of rotatable bonds is 7. The molecular weight excluding hydrogens is 335 g/mol. The quantitative estimate of drug-likeness (QED) is 0.708. The molecule has 0 saturated heterocycles. The molecule has 0 radical (unpaired) electrons. The molecule has 0 aromatic heterocycles. The Balaban J connectivity index is 2.51. The van der Waals surface area contributed by atoms with Gasteiger partial charge in [-0.1, -0.05) is 28.9 Å².